The maximum absolute atomic E-state index is 13.2. The van der Waals surface area contributed by atoms with Crippen LogP contribution in [0.1, 0.15) is 18.5 Å². The van der Waals surface area contributed by atoms with Crippen molar-refractivity contribution in [2.45, 2.75) is 19.8 Å². The zero-order chi connectivity index (χ0) is 22.5. The largest absolute Gasteiger partial charge is 0.484 e. The van der Waals surface area contributed by atoms with Crippen LogP contribution < -0.4 is 10.1 Å². The minimum absolute atomic E-state index is 0.0169. The first-order chi connectivity index (χ1) is 15.5. The smallest absolute Gasteiger partial charge is 0.260 e. The average Bonchev–Trinajstić information content (AvgIpc) is 3.18. The van der Waals surface area contributed by atoms with Gasteiger partial charge in [-0.25, -0.2) is 9.07 Å². The summed E-state index contributed by atoms with van der Waals surface area (Å²) in [7, 11) is 0. The van der Waals surface area contributed by atoms with Gasteiger partial charge in [-0.05, 0) is 56.2 Å². The Morgan fingerprint density at radius 3 is 2.47 bits per heavy atom. The molecule has 166 valence electrons. The van der Waals surface area contributed by atoms with Crippen LogP contribution >= 0.6 is 0 Å². The first-order valence-corrected chi connectivity index (χ1v) is 10.6. The minimum Gasteiger partial charge on any atom is -0.484 e. The Bertz CT molecular complexity index is 1070. The van der Waals surface area contributed by atoms with E-state index in [-0.39, 0.29) is 30.2 Å². The monoisotopic (exact) mass is 436 g/mol. The van der Waals surface area contributed by atoms with E-state index in [4.69, 9.17) is 4.74 Å². The number of hydrogen-bond donors (Lipinski definition) is 1. The normalized spacial score (nSPS) is 14.2. The lowest BCUT2D eigenvalue weighted by Crippen LogP contribution is -2.43. The Morgan fingerprint density at radius 1 is 1.09 bits per heavy atom. The summed E-state index contributed by atoms with van der Waals surface area (Å²) in [6.45, 7) is 2.82. The van der Waals surface area contributed by atoms with Gasteiger partial charge in [-0.3, -0.25) is 9.59 Å². The van der Waals surface area contributed by atoms with Gasteiger partial charge in [0.1, 0.15) is 17.4 Å². The van der Waals surface area contributed by atoms with Crippen molar-refractivity contribution in [2.24, 2.45) is 5.92 Å². The number of piperidine rings is 1. The van der Waals surface area contributed by atoms with Gasteiger partial charge < -0.3 is 15.0 Å². The molecule has 0 aliphatic carbocycles. The molecule has 2 amide bonds. The molecule has 1 fully saturated rings. The number of anilines is 1. The highest BCUT2D eigenvalue weighted by atomic mass is 19.1. The Kier molecular flexibility index (Phi) is 6.49. The van der Waals surface area contributed by atoms with Crippen LogP contribution in [0.15, 0.2) is 60.7 Å². The molecule has 0 spiro atoms. The molecule has 0 unspecified atom stereocenters. The first-order valence-electron chi connectivity index (χ1n) is 10.6. The van der Waals surface area contributed by atoms with Gasteiger partial charge in [0.25, 0.3) is 5.91 Å². The topological polar surface area (TPSA) is 76.5 Å². The number of aromatic nitrogens is 2. The summed E-state index contributed by atoms with van der Waals surface area (Å²) in [5.41, 5.74) is 1.40. The third-order valence-electron chi connectivity index (χ3n) is 5.48. The lowest BCUT2D eigenvalue weighted by Gasteiger charge is -2.31. The molecule has 0 atom stereocenters. The van der Waals surface area contributed by atoms with E-state index in [9.17, 15) is 14.0 Å². The molecule has 0 bridgehead atoms. The Hall–Kier alpha value is -3.68. The molecule has 1 aromatic heterocycles. The van der Waals surface area contributed by atoms with Gasteiger partial charge in [0, 0.05) is 25.1 Å². The van der Waals surface area contributed by atoms with Crippen molar-refractivity contribution in [1.29, 1.82) is 0 Å². The SMILES string of the molecule is Cc1cc(NC(=O)C2CCN(C(=O)COc3ccccc3)CC2)n(-c2ccc(F)cc2)n1. The zero-order valence-electron chi connectivity index (χ0n) is 17.8. The first kappa shape index (κ1) is 21.5. The second-order valence-electron chi connectivity index (χ2n) is 7.81. The van der Waals surface area contributed by atoms with E-state index in [1.165, 1.54) is 12.1 Å². The third kappa shape index (κ3) is 5.14. The standard InChI is InChI=1S/C24H25FN4O3/c1-17-15-22(29(27-17)20-9-7-19(25)8-10-20)26-24(31)18-11-13-28(14-12-18)23(30)16-32-21-5-3-2-4-6-21/h2-10,15,18H,11-14,16H2,1H3,(H,26,31). The summed E-state index contributed by atoms with van der Waals surface area (Å²) in [5, 5.41) is 7.35. The molecule has 1 aliphatic rings. The number of carbonyl (C=O) groups is 2. The summed E-state index contributed by atoms with van der Waals surface area (Å²) in [5.74, 6) is 0.459. The van der Waals surface area contributed by atoms with Crippen LogP contribution in [0, 0.1) is 18.7 Å². The van der Waals surface area contributed by atoms with Gasteiger partial charge in [-0.2, -0.15) is 5.10 Å². The molecule has 0 saturated carbocycles. The van der Waals surface area contributed by atoms with Crippen LogP contribution in [-0.2, 0) is 9.59 Å². The predicted octanol–water partition coefficient (Wildman–Crippen LogP) is 3.58. The van der Waals surface area contributed by atoms with Gasteiger partial charge in [-0.15, -0.1) is 0 Å². The molecule has 1 aliphatic heterocycles. The molecule has 2 aromatic carbocycles. The fraction of sp³-hybridized carbons (Fsp3) is 0.292. The van der Waals surface area contributed by atoms with Crippen LogP contribution in [0.3, 0.4) is 0 Å². The van der Waals surface area contributed by atoms with Crippen LogP contribution in [0.5, 0.6) is 5.75 Å². The molecule has 1 N–H and O–H groups in total. The Morgan fingerprint density at radius 2 is 1.78 bits per heavy atom. The summed E-state index contributed by atoms with van der Waals surface area (Å²) >= 11 is 0. The second-order valence-corrected chi connectivity index (χ2v) is 7.81. The van der Waals surface area contributed by atoms with Crippen molar-refractivity contribution in [2.75, 3.05) is 25.0 Å². The van der Waals surface area contributed by atoms with Crippen molar-refractivity contribution in [3.63, 3.8) is 0 Å². The summed E-state index contributed by atoms with van der Waals surface area (Å²) in [4.78, 5) is 27.0. The number of benzene rings is 2. The van der Waals surface area contributed by atoms with Crippen LogP contribution in [0.25, 0.3) is 5.69 Å². The molecule has 32 heavy (non-hydrogen) atoms. The van der Waals surface area contributed by atoms with Crippen LogP contribution in [0.2, 0.25) is 0 Å². The van der Waals surface area contributed by atoms with Crippen molar-refractivity contribution in [3.05, 3.63) is 72.2 Å². The number of para-hydroxylation sites is 1. The molecule has 4 rings (SSSR count). The van der Waals surface area contributed by atoms with E-state index in [1.54, 1.807) is 27.8 Å². The molecular weight excluding hydrogens is 411 g/mol. The summed E-state index contributed by atoms with van der Waals surface area (Å²) < 4.78 is 20.4. The molecular formula is C24H25FN4O3. The summed E-state index contributed by atoms with van der Waals surface area (Å²) in [6, 6.07) is 16.9. The Balaban J connectivity index is 1.31. The van der Waals surface area contributed by atoms with Crippen LogP contribution in [-0.4, -0.2) is 46.2 Å². The number of rotatable bonds is 6. The second kappa shape index (κ2) is 9.64. The molecule has 0 radical (unpaired) electrons. The number of amides is 2. The van der Waals surface area contributed by atoms with Crippen LogP contribution in [0.4, 0.5) is 10.2 Å². The highest BCUT2D eigenvalue weighted by Crippen LogP contribution is 2.22. The number of hydrogen-bond acceptors (Lipinski definition) is 4. The lowest BCUT2D eigenvalue weighted by molar-refractivity contribution is -0.136. The highest BCUT2D eigenvalue weighted by molar-refractivity contribution is 5.92. The van der Waals surface area contributed by atoms with E-state index in [0.29, 0.717) is 43.2 Å². The maximum Gasteiger partial charge on any atom is 0.260 e. The molecule has 2 heterocycles. The van der Waals surface area contributed by atoms with E-state index in [2.05, 4.69) is 10.4 Å². The van der Waals surface area contributed by atoms with Crippen molar-refractivity contribution >= 4 is 17.6 Å². The van der Waals surface area contributed by atoms with Crippen molar-refractivity contribution < 1.29 is 18.7 Å². The number of carbonyl (C=O) groups excluding carboxylic acids is 2. The van der Waals surface area contributed by atoms with Gasteiger partial charge in [0.15, 0.2) is 6.61 Å². The molecule has 1 saturated heterocycles. The summed E-state index contributed by atoms with van der Waals surface area (Å²) in [6.07, 6.45) is 1.15. The number of nitrogens with one attached hydrogen (secondary N) is 1. The maximum atomic E-state index is 13.2. The number of halogens is 1. The fourth-order valence-corrected chi connectivity index (χ4v) is 3.74. The van der Waals surface area contributed by atoms with E-state index in [0.717, 1.165) is 5.69 Å². The van der Waals surface area contributed by atoms with Gasteiger partial charge in [-0.1, -0.05) is 18.2 Å². The third-order valence-corrected chi connectivity index (χ3v) is 5.48. The number of aryl methyl sites for hydroxylation is 1. The van der Waals surface area contributed by atoms with E-state index in [1.807, 2.05) is 37.3 Å². The van der Waals surface area contributed by atoms with E-state index >= 15 is 0 Å². The Labute approximate surface area is 185 Å². The predicted molar refractivity (Wildman–Crippen MR) is 118 cm³/mol. The van der Waals surface area contributed by atoms with Gasteiger partial charge >= 0.3 is 0 Å². The molecule has 7 nitrogen and oxygen atoms in total. The minimum atomic E-state index is -0.335. The van der Waals surface area contributed by atoms with Crippen molar-refractivity contribution in [3.8, 4) is 11.4 Å². The van der Waals surface area contributed by atoms with Gasteiger partial charge in [0.05, 0.1) is 11.4 Å². The van der Waals surface area contributed by atoms with Gasteiger partial charge in [0.2, 0.25) is 5.91 Å². The van der Waals surface area contributed by atoms with E-state index < -0.39 is 0 Å². The number of likely N-dealkylation sites (tertiary alicyclic amines) is 1. The highest BCUT2D eigenvalue weighted by Gasteiger charge is 2.28. The number of ether oxygens (including phenoxy) is 1. The van der Waals surface area contributed by atoms with Crippen molar-refractivity contribution in [1.82, 2.24) is 14.7 Å². The quantitative estimate of drug-likeness (QED) is 0.641. The lowest BCUT2D eigenvalue weighted by atomic mass is 9.96. The average molecular weight is 436 g/mol. The fourth-order valence-electron chi connectivity index (χ4n) is 3.74. The molecule has 3 aromatic rings. The molecule has 8 heteroatoms. The zero-order valence-corrected chi connectivity index (χ0v) is 17.8. The number of nitrogens with zero attached hydrogens (tertiary/aromatic N) is 3.